The van der Waals surface area contributed by atoms with Crippen molar-refractivity contribution in [2.75, 3.05) is 0 Å². The Labute approximate surface area is 292 Å². The van der Waals surface area contributed by atoms with Crippen LogP contribution in [0.2, 0.25) is 0 Å². The Balaban J connectivity index is -0.000000284. The summed E-state index contributed by atoms with van der Waals surface area (Å²) in [6, 6.07) is 26.8. The zero-order valence-corrected chi connectivity index (χ0v) is 27.6. The topological polar surface area (TPSA) is 58.9 Å². The third kappa shape index (κ3) is 17.5. The van der Waals surface area contributed by atoms with Gasteiger partial charge in [0.05, 0.1) is 0 Å². The van der Waals surface area contributed by atoms with Crippen LogP contribution in [-0.4, -0.2) is 40.2 Å². The molecule has 212 valence electrons. The van der Waals surface area contributed by atoms with Crippen molar-refractivity contribution in [1.82, 2.24) is 0 Å². The Kier molecular flexibility index (Phi) is 27.2. The molecule has 4 rings (SSSR count). The first-order valence-electron chi connectivity index (χ1n) is 11.5. The molecule has 0 aliphatic rings. The molecule has 0 saturated carbocycles. The Bertz CT molecular complexity index is 1220. The third-order valence-electron chi connectivity index (χ3n) is 4.70. The number of hydrogen-bond acceptors (Lipinski definition) is 4. The summed E-state index contributed by atoms with van der Waals surface area (Å²) in [6.45, 7) is 4.38. The molecule has 4 nitrogen and oxygen atoms in total. The van der Waals surface area contributed by atoms with E-state index in [0.29, 0.717) is 22.3 Å². The van der Waals surface area contributed by atoms with Crippen LogP contribution in [0.5, 0.6) is 11.5 Å². The zero-order chi connectivity index (χ0) is 27.0. The van der Waals surface area contributed by atoms with Crippen molar-refractivity contribution in [3.8, 4) is 11.5 Å². The molecule has 0 spiro atoms. The summed E-state index contributed by atoms with van der Waals surface area (Å²) in [7, 11) is -1.49. The van der Waals surface area contributed by atoms with E-state index in [9.17, 15) is 8.78 Å². The molecule has 0 aliphatic heterocycles. The van der Waals surface area contributed by atoms with Crippen molar-refractivity contribution in [1.29, 1.82) is 0 Å². The second-order valence-electron chi connectivity index (χ2n) is 7.73. The molecule has 0 fully saturated rings. The van der Waals surface area contributed by atoms with Gasteiger partial charge in [-0.2, -0.15) is 13.8 Å². The van der Waals surface area contributed by atoms with E-state index in [-0.39, 0.29) is 93.0 Å². The van der Waals surface area contributed by atoms with Crippen LogP contribution in [0.15, 0.2) is 102 Å². The van der Waals surface area contributed by atoms with Gasteiger partial charge >= 0.3 is 49.0 Å². The van der Waals surface area contributed by atoms with E-state index in [0.717, 1.165) is 10.2 Å². The van der Waals surface area contributed by atoms with Crippen molar-refractivity contribution in [2.24, 2.45) is 0 Å². The quantitative estimate of drug-likeness (QED) is 0.165. The number of rotatable bonds is 7. The molecule has 0 bridgehead atoms. The largest absolute Gasteiger partial charge is 2.00 e. The van der Waals surface area contributed by atoms with Gasteiger partial charge in [0, 0.05) is 15.6 Å². The fourth-order valence-corrected chi connectivity index (χ4v) is 3.08. The molecule has 2 N–H and O–H groups in total. The fraction of sp³-hybridized carbons (Fsp3) is 0.138. The van der Waals surface area contributed by atoms with Crippen LogP contribution in [0, 0.1) is 18.1 Å². The Hall–Kier alpha value is -1.25. The van der Waals surface area contributed by atoms with Gasteiger partial charge in [0.1, 0.15) is 36.3 Å². The molecule has 0 unspecified atom stereocenters. The van der Waals surface area contributed by atoms with Crippen LogP contribution in [0.3, 0.4) is 0 Å². The summed E-state index contributed by atoms with van der Waals surface area (Å²) < 4.78 is 38.4. The van der Waals surface area contributed by atoms with Crippen LogP contribution in [0.4, 0.5) is 8.78 Å². The number of hydrogen-bond donors (Lipinski definition) is 2. The molecule has 4 aromatic carbocycles. The van der Waals surface area contributed by atoms with Gasteiger partial charge in [-0.15, -0.1) is 0 Å². The van der Waals surface area contributed by atoms with Crippen LogP contribution in [-0.2, 0) is 13.2 Å². The van der Waals surface area contributed by atoms with Crippen LogP contribution in [0.25, 0.3) is 0 Å². The SMILES string of the molecule is C[CH-]C.Fc1ccccc1COc1ccc(Br)cc1.OB(O)c1ccc(OCc2ccccc2F)cc1.[Cl-].[Cl-].[H-].[Li+].[Mg+2]. The van der Waals surface area contributed by atoms with Crippen LogP contribution >= 0.6 is 15.9 Å². The number of benzene rings is 4. The molecule has 12 heteroatoms. The van der Waals surface area contributed by atoms with Crippen LogP contribution in [0.1, 0.15) is 26.4 Å². The van der Waals surface area contributed by atoms with E-state index in [2.05, 4.69) is 15.9 Å². The molecule has 41 heavy (non-hydrogen) atoms. The van der Waals surface area contributed by atoms with Gasteiger partial charge in [0.25, 0.3) is 0 Å². The van der Waals surface area contributed by atoms with Gasteiger partial charge in [-0.25, -0.2) is 8.78 Å². The summed E-state index contributed by atoms with van der Waals surface area (Å²) >= 11 is 3.34. The maximum atomic E-state index is 13.3. The van der Waals surface area contributed by atoms with Gasteiger partial charge in [-0.05, 0) is 54.0 Å². The maximum Gasteiger partial charge on any atom is 2.00 e. The van der Waals surface area contributed by atoms with E-state index in [1.165, 1.54) is 12.1 Å². The summed E-state index contributed by atoms with van der Waals surface area (Å²) in [6.07, 6.45) is 2.00. The first-order chi connectivity index (χ1) is 17.8. The summed E-state index contributed by atoms with van der Waals surface area (Å²) in [5, 5.41) is 17.8. The summed E-state index contributed by atoms with van der Waals surface area (Å²) in [4.78, 5) is 0. The minimum absolute atomic E-state index is 0. The van der Waals surface area contributed by atoms with E-state index >= 15 is 0 Å². The van der Waals surface area contributed by atoms with Crippen LogP contribution < -0.4 is 58.6 Å². The molecule has 0 radical (unpaired) electrons. The molecule has 0 atom stereocenters. The number of ether oxygens (including phenoxy) is 2. The smallest absolute Gasteiger partial charge is 1.00 e. The molecule has 0 saturated heterocycles. The van der Waals surface area contributed by atoms with E-state index < -0.39 is 7.12 Å². The first-order valence-corrected chi connectivity index (χ1v) is 12.3. The number of halogens is 5. The predicted molar refractivity (Wildman–Crippen MR) is 154 cm³/mol. The average Bonchev–Trinajstić information content (AvgIpc) is 2.90. The van der Waals surface area contributed by atoms with Gasteiger partial charge in [-0.3, -0.25) is 0 Å². The molecular weight excluding hydrogens is 643 g/mol. The zero-order valence-electron chi connectivity index (χ0n) is 24.1. The van der Waals surface area contributed by atoms with Crippen molar-refractivity contribution >= 4 is 51.6 Å². The summed E-state index contributed by atoms with van der Waals surface area (Å²) in [5.41, 5.74) is 1.42. The molecule has 0 aliphatic carbocycles. The molecule has 0 amide bonds. The molecule has 4 aromatic rings. The van der Waals surface area contributed by atoms with Gasteiger partial charge < -0.3 is 52.2 Å². The molecule has 0 aromatic heterocycles. The second-order valence-corrected chi connectivity index (χ2v) is 8.65. The molecular formula is C29H30BBrCl2F2LiMgO4-. The fourth-order valence-electron chi connectivity index (χ4n) is 2.82. The van der Waals surface area contributed by atoms with Crippen molar-refractivity contribution < 1.29 is 73.4 Å². The summed E-state index contributed by atoms with van der Waals surface area (Å²) in [5.74, 6) is 0.730. The Morgan fingerprint density at radius 2 is 1.05 bits per heavy atom. The second kappa shape index (κ2) is 25.3. The van der Waals surface area contributed by atoms with E-state index in [4.69, 9.17) is 19.5 Å². The van der Waals surface area contributed by atoms with Gasteiger partial charge in [0.2, 0.25) is 0 Å². The molecule has 0 heterocycles. The first kappa shape index (κ1) is 44.2. The average molecular weight is 673 g/mol. The van der Waals surface area contributed by atoms with Crippen molar-refractivity contribution in [3.05, 3.63) is 131 Å². The van der Waals surface area contributed by atoms with E-state index in [1.54, 1.807) is 60.7 Å². The third-order valence-corrected chi connectivity index (χ3v) is 5.22. The van der Waals surface area contributed by atoms with Crippen molar-refractivity contribution in [2.45, 2.75) is 27.1 Å². The minimum Gasteiger partial charge on any atom is -1.00 e. The van der Waals surface area contributed by atoms with E-state index in [1.807, 2.05) is 44.5 Å². The standard InChI is InChI=1S/C13H12BFO3.C13H10BrFO.C3H7.2ClH.Li.Mg.H/c15-13-4-2-1-3-10(13)9-18-12-7-5-11(6-8-12)14(16)17;14-11-5-7-12(8-6-11)16-9-10-3-1-2-4-13(10)15;1-3-2;;;;;/h1-8,16-17H,9H2;1-8H,9H2;3H,1-2H3;2*1H;;;/q;;-1;;;+1;+2;-1/p-2. The Morgan fingerprint density at radius 1 is 0.707 bits per heavy atom. The Morgan fingerprint density at radius 3 is 1.39 bits per heavy atom. The maximum absolute atomic E-state index is 13.3. The van der Waals surface area contributed by atoms with Gasteiger partial charge in [0.15, 0.2) is 0 Å². The van der Waals surface area contributed by atoms with Crippen molar-refractivity contribution in [3.63, 3.8) is 0 Å². The normalized spacial score (nSPS) is 8.85. The van der Waals surface area contributed by atoms with Gasteiger partial charge in [-0.1, -0.05) is 64.5 Å². The monoisotopic (exact) mass is 671 g/mol. The minimum atomic E-state index is -1.49. The predicted octanol–water partition coefficient (Wildman–Crippen LogP) is -2.77.